The van der Waals surface area contributed by atoms with Crippen LogP contribution in [-0.4, -0.2) is 43.0 Å². The predicted molar refractivity (Wildman–Crippen MR) is 114 cm³/mol. The average molecular weight is 396 g/mol. The molecule has 1 atom stereocenters. The van der Waals surface area contributed by atoms with Crippen molar-refractivity contribution in [2.24, 2.45) is 5.92 Å². The minimum atomic E-state index is -0.270. The second-order valence-electron chi connectivity index (χ2n) is 7.38. The number of hydrogen-bond donors (Lipinski definition) is 2. The van der Waals surface area contributed by atoms with Gasteiger partial charge in [0.2, 0.25) is 11.8 Å². The summed E-state index contributed by atoms with van der Waals surface area (Å²) in [6.45, 7) is 3.91. The lowest BCUT2D eigenvalue weighted by Crippen LogP contribution is -2.48. The molecule has 1 fully saturated rings. The van der Waals surface area contributed by atoms with Crippen molar-refractivity contribution >= 4 is 17.5 Å². The second kappa shape index (κ2) is 10.1. The first-order chi connectivity index (χ1) is 14.1. The lowest BCUT2D eigenvalue weighted by atomic mass is 9.94. The lowest BCUT2D eigenvalue weighted by Gasteiger charge is -2.34. The zero-order valence-electron chi connectivity index (χ0n) is 17.1. The number of para-hydroxylation sites is 2. The monoisotopic (exact) mass is 395 g/mol. The number of ether oxygens (including phenoxy) is 1. The summed E-state index contributed by atoms with van der Waals surface area (Å²) < 4.78 is 5.29. The van der Waals surface area contributed by atoms with E-state index in [1.165, 1.54) is 0 Å². The van der Waals surface area contributed by atoms with E-state index in [0.717, 1.165) is 31.5 Å². The molecule has 2 N–H and O–H groups in total. The van der Waals surface area contributed by atoms with Gasteiger partial charge < -0.3 is 15.4 Å². The molecule has 1 aliphatic rings. The third-order valence-corrected chi connectivity index (χ3v) is 5.50. The Morgan fingerprint density at radius 2 is 1.72 bits per heavy atom. The van der Waals surface area contributed by atoms with Gasteiger partial charge in [0.25, 0.3) is 0 Å². The van der Waals surface area contributed by atoms with Gasteiger partial charge in [-0.2, -0.15) is 0 Å². The Hall–Kier alpha value is -2.86. The van der Waals surface area contributed by atoms with Gasteiger partial charge in [0.15, 0.2) is 0 Å². The van der Waals surface area contributed by atoms with Crippen molar-refractivity contribution in [2.45, 2.75) is 32.4 Å². The number of rotatable bonds is 7. The van der Waals surface area contributed by atoms with Crippen LogP contribution in [0.3, 0.4) is 0 Å². The Kier molecular flexibility index (Phi) is 7.25. The van der Waals surface area contributed by atoms with Crippen LogP contribution in [0.15, 0.2) is 54.6 Å². The number of anilines is 1. The van der Waals surface area contributed by atoms with Gasteiger partial charge in [-0.15, -0.1) is 0 Å². The van der Waals surface area contributed by atoms with E-state index < -0.39 is 0 Å². The molecule has 0 saturated carbocycles. The summed E-state index contributed by atoms with van der Waals surface area (Å²) in [5, 5.41) is 5.98. The maximum Gasteiger partial charge on any atom is 0.241 e. The zero-order valence-corrected chi connectivity index (χ0v) is 17.1. The Labute approximate surface area is 172 Å². The van der Waals surface area contributed by atoms with E-state index in [1.807, 2.05) is 61.5 Å². The fourth-order valence-electron chi connectivity index (χ4n) is 3.63. The first kappa shape index (κ1) is 20.9. The van der Waals surface area contributed by atoms with Crippen LogP contribution < -0.4 is 15.4 Å². The molecule has 3 rings (SSSR count). The number of carbonyl (C=O) groups excluding carboxylic acids is 2. The largest absolute Gasteiger partial charge is 0.495 e. The number of carbonyl (C=O) groups is 2. The molecule has 0 bridgehead atoms. The average Bonchev–Trinajstić information content (AvgIpc) is 2.78. The SMILES string of the molecule is COc1ccccc1NC(=O)[C@H](C)N1CCC(C(=O)NCc2ccccc2)CC1. The summed E-state index contributed by atoms with van der Waals surface area (Å²) in [6.07, 6.45) is 1.51. The smallest absolute Gasteiger partial charge is 0.241 e. The van der Waals surface area contributed by atoms with Crippen molar-refractivity contribution in [3.05, 3.63) is 60.2 Å². The van der Waals surface area contributed by atoms with Crippen LogP contribution in [-0.2, 0) is 16.1 Å². The molecule has 0 unspecified atom stereocenters. The number of hydrogen-bond acceptors (Lipinski definition) is 4. The molecule has 0 aromatic heterocycles. The molecular formula is C23H29N3O3. The first-order valence-electron chi connectivity index (χ1n) is 10.1. The van der Waals surface area contributed by atoms with Crippen LogP contribution in [0, 0.1) is 5.92 Å². The van der Waals surface area contributed by atoms with Crippen LogP contribution in [0.25, 0.3) is 0 Å². The highest BCUT2D eigenvalue weighted by molar-refractivity contribution is 5.95. The van der Waals surface area contributed by atoms with E-state index in [9.17, 15) is 9.59 Å². The fraction of sp³-hybridized carbons (Fsp3) is 0.391. The molecule has 0 aliphatic carbocycles. The third kappa shape index (κ3) is 5.57. The summed E-state index contributed by atoms with van der Waals surface area (Å²) in [4.78, 5) is 27.3. The highest BCUT2D eigenvalue weighted by Crippen LogP contribution is 2.24. The van der Waals surface area contributed by atoms with Crippen molar-refractivity contribution in [3.63, 3.8) is 0 Å². The molecule has 2 aromatic rings. The molecule has 1 aliphatic heterocycles. The number of likely N-dealkylation sites (tertiary alicyclic amines) is 1. The van der Waals surface area contributed by atoms with Crippen LogP contribution in [0.4, 0.5) is 5.69 Å². The highest BCUT2D eigenvalue weighted by Gasteiger charge is 2.29. The maximum absolute atomic E-state index is 12.7. The van der Waals surface area contributed by atoms with Crippen LogP contribution in [0.5, 0.6) is 5.75 Å². The minimum absolute atomic E-state index is 0.000518. The van der Waals surface area contributed by atoms with Crippen LogP contribution >= 0.6 is 0 Å². The molecule has 6 nitrogen and oxygen atoms in total. The van der Waals surface area contributed by atoms with Gasteiger partial charge in [-0.1, -0.05) is 42.5 Å². The first-order valence-corrected chi connectivity index (χ1v) is 10.1. The molecule has 154 valence electrons. The van der Waals surface area contributed by atoms with Gasteiger partial charge in [-0.3, -0.25) is 14.5 Å². The summed E-state index contributed by atoms with van der Waals surface area (Å²) in [7, 11) is 1.59. The molecule has 0 radical (unpaired) electrons. The van der Waals surface area contributed by atoms with Gasteiger partial charge in [0, 0.05) is 12.5 Å². The van der Waals surface area contributed by atoms with Crippen LogP contribution in [0.2, 0.25) is 0 Å². The Morgan fingerprint density at radius 1 is 1.07 bits per heavy atom. The Morgan fingerprint density at radius 3 is 2.41 bits per heavy atom. The van der Waals surface area contributed by atoms with E-state index >= 15 is 0 Å². The summed E-state index contributed by atoms with van der Waals surface area (Å²) in [5.41, 5.74) is 1.77. The Bertz CT molecular complexity index is 817. The van der Waals surface area contributed by atoms with E-state index in [-0.39, 0.29) is 23.8 Å². The van der Waals surface area contributed by atoms with E-state index in [2.05, 4.69) is 15.5 Å². The lowest BCUT2D eigenvalue weighted by molar-refractivity contribution is -0.127. The quantitative estimate of drug-likeness (QED) is 0.756. The number of nitrogens with one attached hydrogen (secondary N) is 2. The predicted octanol–water partition coefficient (Wildman–Crippen LogP) is 3.05. The molecule has 1 heterocycles. The normalized spacial score (nSPS) is 16.1. The summed E-state index contributed by atoms with van der Waals surface area (Å²) in [5.74, 6) is 0.669. The summed E-state index contributed by atoms with van der Waals surface area (Å²) >= 11 is 0. The Balaban J connectivity index is 1.46. The number of piperidine rings is 1. The van der Waals surface area contributed by atoms with Gasteiger partial charge in [0.05, 0.1) is 18.8 Å². The van der Waals surface area contributed by atoms with Crippen molar-refractivity contribution in [3.8, 4) is 5.75 Å². The van der Waals surface area contributed by atoms with Crippen molar-refractivity contribution < 1.29 is 14.3 Å². The van der Waals surface area contributed by atoms with Crippen LogP contribution in [0.1, 0.15) is 25.3 Å². The number of methoxy groups -OCH3 is 1. The maximum atomic E-state index is 12.7. The van der Waals surface area contributed by atoms with Gasteiger partial charge in [-0.25, -0.2) is 0 Å². The van der Waals surface area contributed by atoms with Crippen molar-refractivity contribution in [1.29, 1.82) is 0 Å². The van der Waals surface area contributed by atoms with E-state index in [4.69, 9.17) is 4.74 Å². The molecule has 29 heavy (non-hydrogen) atoms. The number of benzene rings is 2. The van der Waals surface area contributed by atoms with E-state index in [1.54, 1.807) is 7.11 Å². The fourth-order valence-corrected chi connectivity index (χ4v) is 3.63. The van der Waals surface area contributed by atoms with Gasteiger partial charge in [-0.05, 0) is 50.6 Å². The van der Waals surface area contributed by atoms with Gasteiger partial charge in [0.1, 0.15) is 5.75 Å². The molecule has 2 aromatic carbocycles. The topological polar surface area (TPSA) is 70.7 Å². The molecular weight excluding hydrogens is 366 g/mol. The van der Waals surface area contributed by atoms with Crippen molar-refractivity contribution in [2.75, 3.05) is 25.5 Å². The molecule has 0 spiro atoms. The standard InChI is InChI=1S/C23H29N3O3/c1-17(22(27)25-20-10-6-7-11-21(20)29-2)26-14-12-19(13-15-26)23(28)24-16-18-8-4-3-5-9-18/h3-11,17,19H,12-16H2,1-2H3,(H,24,28)(H,25,27)/t17-/m0/s1. The van der Waals surface area contributed by atoms with Gasteiger partial charge >= 0.3 is 0 Å². The van der Waals surface area contributed by atoms with E-state index in [0.29, 0.717) is 18.0 Å². The molecule has 1 saturated heterocycles. The van der Waals surface area contributed by atoms with Crippen molar-refractivity contribution in [1.82, 2.24) is 10.2 Å². The molecule has 2 amide bonds. The summed E-state index contributed by atoms with van der Waals surface area (Å²) in [6, 6.07) is 17.0. The number of nitrogens with zero attached hydrogens (tertiary/aromatic N) is 1. The number of amides is 2. The molecule has 6 heteroatoms. The zero-order chi connectivity index (χ0) is 20.6. The third-order valence-electron chi connectivity index (χ3n) is 5.50. The minimum Gasteiger partial charge on any atom is -0.495 e. The highest BCUT2D eigenvalue weighted by atomic mass is 16.5. The second-order valence-corrected chi connectivity index (χ2v) is 7.38.